The summed E-state index contributed by atoms with van der Waals surface area (Å²) >= 11 is 5.79. The van der Waals surface area contributed by atoms with Crippen molar-refractivity contribution < 1.29 is 23.8 Å². The third-order valence-electron chi connectivity index (χ3n) is 6.27. The lowest BCUT2D eigenvalue weighted by Crippen LogP contribution is -2.29. The molecule has 2 aliphatic heterocycles. The third kappa shape index (κ3) is 2.79. The fourth-order valence-corrected chi connectivity index (χ4v) is 5.29. The Balaban J connectivity index is 1.51. The molecule has 3 aliphatic rings. The number of aliphatic hydroxyl groups excluding tert-OH is 1. The topological polar surface area (TPSA) is 55.8 Å². The average Bonchev–Trinajstić information content (AvgIpc) is 3.33. The van der Waals surface area contributed by atoms with E-state index >= 15 is 0 Å². The first-order valence-corrected chi connectivity index (χ1v) is 10.1. The molecule has 0 saturated carbocycles. The van der Waals surface area contributed by atoms with Gasteiger partial charge in [0, 0.05) is 5.02 Å². The van der Waals surface area contributed by atoms with Crippen LogP contribution in [0, 0.1) is 31.5 Å². The Kier molecular flexibility index (Phi) is 4.23. The van der Waals surface area contributed by atoms with Crippen molar-refractivity contribution in [2.24, 2.45) is 11.8 Å². The van der Waals surface area contributed by atoms with Gasteiger partial charge in [0.05, 0.1) is 29.6 Å². The summed E-state index contributed by atoms with van der Waals surface area (Å²) in [6.45, 7) is 3.72. The van der Waals surface area contributed by atoms with Crippen LogP contribution >= 0.6 is 11.6 Å². The fraction of sp³-hybridized carbons (Fsp3) is 0.348. The predicted molar refractivity (Wildman–Crippen MR) is 107 cm³/mol. The molecule has 6 heteroatoms. The third-order valence-corrected chi connectivity index (χ3v) is 6.51. The van der Waals surface area contributed by atoms with Gasteiger partial charge in [-0.2, -0.15) is 0 Å². The van der Waals surface area contributed by atoms with E-state index in [0.29, 0.717) is 16.3 Å². The molecule has 1 N–H and O–H groups in total. The van der Waals surface area contributed by atoms with E-state index in [-0.39, 0.29) is 41.3 Å². The van der Waals surface area contributed by atoms with Crippen molar-refractivity contribution in [3.63, 3.8) is 0 Å². The second-order valence-corrected chi connectivity index (χ2v) is 8.51. The van der Waals surface area contributed by atoms with Crippen molar-refractivity contribution in [1.82, 2.24) is 0 Å². The van der Waals surface area contributed by atoms with E-state index in [9.17, 15) is 14.3 Å². The molecule has 2 unspecified atom stereocenters. The number of carbonyl (C=O) groups is 1. The SMILES string of the molecule is Cc1cc(Oc2ccc(Cl)cc2F)cc(C)c1C1=C(O)[C@@H]2C3CCC(O3)[C@@H]2C1=O. The zero-order valence-electron chi connectivity index (χ0n) is 16.0. The quantitative estimate of drug-likeness (QED) is 0.717. The van der Waals surface area contributed by atoms with Crippen molar-refractivity contribution in [2.45, 2.75) is 38.9 Å². The number of aliphatic hydroxyl groups is 1. The van der Waals surface area contributed by atoms with Crippen molar-refractivity contribution in [1.29, 1.82) is 0 Å². The minimum absolute atomic E-state index is 0.0386. The van der Waals surface area contributed by atoms with Crippen LogP contribution in [0.4, 0.5) is 4.39 Å². The number of carbonyl (C=O) groups excluding carboxylic acids is 1. The van der Waals surface area contributed by atoms with Gasteiger partial charge in [-0.05, 0) is 73.7 Å². The van der Waals surface area contributed by atoms with Crippen LogP contribution in [0.5, 0.6) is 11.5 Å². The van der Waals surface area contributed by atoms with Crippen LogP contribution in [-0.4, -0.2) is 23.1 Å². The maximum atomic E-state index is 14.1. The highest BCUT2D eigenvalue weighted by Gasteiger charge is 2.59. The molecule has 2 heterocycles. The Labute approximate surface area is 172 Å². The maximum Gasteiger partial charge on any atom is 0.173 e. The summed E-state index contributed by atoms with van der Waals surface area (Å²) in [5, 5.41) is 11.2. The molecule has 0 radical (unpaired) electrons. The number of ether oxygens (including phenoxy) is 2. The summed E-state index contributed by atoms with van der Waals surface area (Å²) in [6, 6.07) is 7.73. The molecule has 2 aromatic carbocycles. The smallest absolute Gasteiger partial charge is 0.173 e. The molecule has 4 atom stereocenters. The molecule has 1 aliphatic carbocycles. The van der Waals surface area contributed by atoms with Gasteiger partial charge in [-0.3, -0.25) is 4.79 Å². The molecule has 5 rings (SSSR count). The molecule has 0 amide bonds. The minimum atomic E-state index is -0.550. The van der Waals surface area contributed by atoms with E-state index in [1.54, 1.807) is 18.2 Å². The molecular formula is C23H20ClFO4. The van der Waals surface area contributed by atoms with Crippen molar-refractivity contribution >= 4 is 23.0 Å². The van der Waals surface area contributed by atoms with Crippen LogP contribution in [0.25, 0.3) is 5.57 Å². The van der Waals surface area contributed by atoms with Gasteiger partial charge in [0.25, 0.3) is 0 Å². The van der Waals surface area contributed by atoms with Gasteiger partial charge in [0.15, 0.2) is 17.3 Å². The van der Waals surface area contributed by atoms with Crippen molar-refractivity contribution in [3.05, 3.63) is 63.6 Å². The summed E-state index contributed by atoms with van der Waals surface area (Å²) in [7, 11) is 0. The number of rotatable bonds is 3. The average molecular weight is 415 g/mol. The number of aryl methyl sites for hydroxylation is 2. The zero-order chi connectivity index (χ0) is 20.4. The van der Waals surface area contributed by atoms with E-state index in [1.165, 1.54) is 12.1 Å². The number of hydrogen-bond acceptors (Lipinski definition) is 4. The van der Waals surface area contributed by atoms with Crippen LogP contribution in [0.2, 0.25) is 5.02 Å². The summed E-state index contributed by atoms with van der Waals surface area (Å²) in [6.07, 6.45) is 1.60. The first-order chi connectivity index (χ1) is 13.8. The molecule has 2 fully saturated rings. The second-order valence-electron chi connectivity index (χ2n) is 8.08. The Morgan fingerprint density at radius 3 is 2.38 bits per heavy atom. The number of Topliss-reactive ketones (excluding diaryl/α,β-unsaturated/α-hetero) is 1. The van der Waals surface area contributed by atoms with Gasteiger partial charge in [-0.15, -0.1) is 0 Å². The van der Waals surface area contributed by atoms with Gasteiger partial charge in [0.2, 0.25) is 0 Å². The number of ketones is 1. The van der Waals surface area contributed by atoms with E-state index in [2.05, 4.69) is 0 Å². The highest BCUT2D eigenvalue weighted by Crippen LogP contribution is 2.54. The van der Waals surface area contributed by atoms with Crippen molar-refractivity contribution in [2.75, 3.05) is 0 Å². The molecular weight excluding hydrogens is 395 g/mol. The van der Waals surface area contributed by atoms with Crippen molar-refractivity contribution in [3.8, 4) is 11.5 Å². The highest BCUT2D eigenvalue weighted by atomic mass is 35.5. The molecule has 0 aromatic heterocycles. The minimum Gasteiger partial charge on any atom is -0.511 e. The summed E-state index contributed by atoms with van der Waals surface area (Å²) in [5.41, 5.74) is 2.71. The van der Waals surface area contributed by atoms with Gasteiger partial charge >= 0.3 is 0 Å². The van der Waals surface area contributed by atoms with E-state index in [4.69, 9.17) is 21.1 Å². The van der Waals surface area contributed by atoms with Gasteiger partial charge in [0.1, 0.15) is 11.5 Å². The van der Waals surface area contributed by atoms with E-state index in [1.807, 2.05) is 13.8 Å². The number of fused-ring (bicyclic) bond motifs is 5. The lowest BCUT2D eigenvalue weighted by molar-refractivity contribution is -0.118. The molecule has 0 spiro atoms. The maximum absolute atomic E-state index is 14.1. The van der Waals surface area contributed by atoms with Crippen LogP contribution in [-0.2, 0) is 9.53 Å². The van der Waals surface area contributed by atoms with Crippen LogP contribution in [0.15, 0.2) is 36.1 Å². The lowest BCUT2D eigenvalue weighted by Gasteiger charge is -2.19. The normalized spacial score (nSPS) is 27.7. The van der Waals surface area contributed by atoms with Gasteiger partial charge in [-0.25, -0.2) is 4.39 Å². The Morgan fingerprint density at radius 2 is 1.76 bits per heavy atom. The lowest BCUT2D eigenvalue weighted by atomic mass is 9.80. The van der Waals surface area contributed by atoms with Gasteiger partial charge < -0.3 is 14.6 Å². The molecule has 29 heavy (non-hydrogen) atoms. The first-order valence-electron chi connectivity index (χ1n) is 9.72. The summed E-state index contributed by atoms with van der Waals surface area (Å²) < 4.78 is 25.6. The summed E-state index contributed by atoms with van der Waals surface area (Å²) in [5.74, 6) is -0.413. The summed E-state index contributed by atoms with van der Waals surface area (Å²) in [4.78, 5) is 13.2. The monoisotopic (exact) mass is 414 g/mol. The van der Waals surface area contributed by atoms with E-state index < -0.39 is 5.82 Å². The number of allylic oxidation sites excluding steroid dienone is 1. The zero-order valence-corrected chi connectivity index (χ0v) is 16.8. The largest absolute Gasteiger partial charge is 0.511 e. The Hall–Kier alpha value is -2.37. The molecule has 4 nitrogen and oxygen atoms in total. The highest BCUT2D eigenvalue weighted by molar-refractivity contribution is 6.30. The van der Waals surface area contributed by atoms with Crippen LogP contribution in [0.3, 0.4) is 0 Å². The van der Waals surface area contributed by atoms with E-state index in [0.717, 1.165) is 29.5 Å². The van der Waals surface area contributed by atoms with Gasteiger partial charge in [-0.1, -0.05) is 11.6 Å². The standard InChI is InChI=1S/C23H20ClFO4/c1-10-7-13(28-15-4-3-12(24)9-14(15)25)8-11(2)18(10)21-22(26)19-16-5-6-17(29-16)20(19)23(21)27/h3-4,7-9,16-17,19-20,26H,5-6H2,1-2H3/t16?,17?,19-,20+/m1/s1. The first kappa shape index (κ1) is 18.6. The predicted octanol–water partition coefficient (Wildman–Crippen LogP) is 5.53. The fourth-order valence-electron chi connectivity index (χ4n) is 5.13. The Morgan fingerprint density at radius 1 is 1.10 bits per heavy atom. The molecule has 2 aromatic rings. The number of halogens is 2. The number of benzene rings is 2. The second kappa shape index (κ2) is 6.57. The molecule has 150 valence electrons. The van der Waals surface area contributed by atoms with Crippen LogP contribution in [0.1, 0.15) is 29.5 Å². The Bertz CT molecular complexity index is 1050. The molecule has 2 saturated heterocycles. The number of hydrogen-bond donors (Lipinski definition) is 1. The van der Waals surface area contributed by atoms with Crippen LogP contribution < -0.4 is 4.74 Å². The molecule has 2 bridgehead atoms.